The fourth-order valence-electron chi connectivity index (χ4n) is 1.16. The molecule has 0 atom stereocenters. The molecule has 5 heteroatoms. The Morgan fingerprint density at radius 3 is 2.94 bits per heavy atom. The number of hydrogen-bond acceptors (Lipinski definition) is 4. The van der Waals surface area contributed by atoms with E-state index in [1.165, 1.54) is 11.8 Å². The van der Waals surface area contributed by atoms with Crippen LogP contribution in [0.1, 0.15) is 0 Å². The lowest BCUT2D eigenvalue weighted by Crippen LogP contribution is -1.85. The van der Waals surface area contributed by atoms with Crippen LogP contribution in [0.15, 0.2) is 46.5 Å². The molecule has 0 N–H and O–H groups in total. The van der Waals surface area contributed by atoms with Gasteiger partial charge in [-0.05, 0) is 35.9 Å². The predicted molar refractivity (Wildman–Crippen MR) is 64.2 cm³/mol. The van der Waals surface area contributed by atoms with Gasteiger partial charge >= 0.3 is 0 Å². The van der Waals surface area contributed by atoms with Gasteiger partial charge in [-0.15, -0.1) is 0 Å². The van der Waals surface area contributed by atoms with Crippen molar-refractivity contribution in [1.29, 1.82) is 0 Å². The second-order valence-corrected chi connectivity index (χ2v) is 4.38. The molecule has 2 rings (SSSR count). The lowest BCUT2D eigenvalue weighted by atomic mass is 10.3. The summed E-state index contributed by atoms with van der Waals surface area (Å²) in [6, 6.07) is 9.58. The smallest absolute Gasteiger partial charge is 0.223 e. The summed E-state index contributed by atoms with van der Waals surface area (Å²) in [5.74, 6) is 0.824. The summed E-state index contributed by atoms with van der Waals surface area (Å²) in [5.41, 5.74) is 0. The predicted octanol–water partition coefficient (Wildman–Crippen LogP) is 3.29. The second kappa shape index (κ2) is 5.18. The van der Waals surface area contributed by atoms with Crippen molar-refractivity contribution < 1.29 is 4.74 Å². The highest BCUT2D eigenvalue weighted by atomic mass is 35.5. The van der Waals surface area contributed by atoms with Gasteiger partial charge < -0.3 is 4.74 Å². The van der Waals surface area contributed by atoms with Gasteiger partial charge in [0.25, 0.3) is 0 Å². The molecular formula is C11H9ClN2OS. The van der Waals surface area contributed by atoms with Gasteiger partial charge in [0.15, 0.2) is 0 Å². The molecule has 0 radical (unpaired) electrons. The van der Waals surface area contributed by atoms with Gasteiger partial charge in [0, 0.05) is 11.1 Å². The van der Waals surface area contributed by atoms with Crippen LogP contribution in [0.2, 0.25) is 5.28 Å². The van der Waals surface area contributed by atoms with Crippen molar-refractivity contribution in [3.05, 3.63) is 41.8 Å². The van der Waals surface area contributed by atoms with Gasteiger partial charge in [-0.3, -0.25) is 0 Å². The Labute approximate surface area is 103 Å². The minimum Gasteiger partial charge on any atom is -0.497 e. The molecule has 0 unspecified atom stereocenters. The Bertz CT molecular complexity index is 493. The standard InChI is InChI=1S/C11H9ClN2OS/c1-15-8-3-2-4-9(7-8)16-10-5-6-13-11(12)14-10/h2-7H,1H3. The van der Waals surface area contributed by atoms with E-state index >= 15 is 0 Å². The van der Waals surface area contributed by atoms with E-state index in [1.807, 2.05) is 30.3 Å². The van der Waals surface area contributed by atoms with Crippen LogP contribution in [-0.4, -0.2) is 17.1 Å². The molecule has 0 bridgehead atoms. The molecule has 0 fully saturated rings. The maximum Gasteiger partial charge on any atom is 0.223 e. The fourth-order valence-corrected chi connectivity index (χ4v) is 2.18. The van der Waals surface area contributed by atoms with E-state index in [0.29, 0.717) is 0 Å². The van der Waals surface area contributed by atoms with E-state index < -0.39 is 0 Å². The quantitative estimate of drug-likeness (QED) is 0.620. The molecule has 0 amide bonds. The first-order chi connectivity index (χ1) is 7.78. The molecule has 0 spiro atoms. The summed E-state index contributed by atoms with van der Waals surface area (Å²) in [7, 11) is 1.64. The summed E-state index contributed by atoms with van der Waals surface area (Å²) < 4.78 is 5.14. The number of ether oxygens (including phenoxy) is 1. The molecule has 0 saturated heterocycles. The summed E-state index contributed by atoms with van der Waals surface area (Å²) in [5, 5.41) is 1.07. The minimum absolute atomic E-state index is 0.257. The molecule has 3 nitrogen and oxygen atoms in total. The van der Waals surface area contributed by atoms with Crippen molar-refractivity contribution >= 4 is 23.4 Å². The van der Waals surface area contributed by atoms with Crippen LogP contribution in [0.3, 0.4) is 0 Å². The molecule has 0 saturated carbocycles. The van der Waals surface area contributed by atoms with Gasteiger partial charge in [-0.2, -0.15) is 0 Å². The molecule has 0 aliphatic heterocycles. The van der Waals surface area contributed by atoms with Crippen molar-refractivity contribution in [2.45, 2.75) is 9.92 Å². The first-order valence-electron chi connectivity index (χ1n) is 4.58. The number of nitrogens with zero attached hydrogens (tertiary/aromatic N) is 2. The zero-order valence-electron chi connectivity index (χ0n) is 8.55. The van der Waals surface area contributed by atoms with Gasteiger partial charge in [-0.25, -0.2) is 9.97 Å². The first kappa shape index (κ1) is 11.2. The van der Waals surface area contributed by atoms with Crippen molar-refractivity contribution in [1.82, 2.24) is 9.97 Å². The highest BCUT2D eigenvalue weighted by Gasteiger charge is 2.01. The molecule has 0 aliphatic carbocycles. The Hall–Kier alpha value is -1.26. The van der Waals surface area contributed by atoms with Crippen molar-refractivity contribution in [2.75, 3.05) is 7.11 Å². The fraction of sp³-hybridized carbons (Fsp3) is 0.0909. The molecule has 2 aromatic rings. The number of halogens is 1. The third-order valence-electron chi connectivity index (χ3n) is 1.86. The molecule has 1 heterocycles. The van der Waals surface area contributed by atoms with Gasteiger partial charge in [0.05, 0.1) is 7.11 Å². The Morgan fingerprint density at radius 1 is 1.31 bits per heavy atom. The average Bonchev–Trinajstić information content (AvgIpc) is 2.29. The van der Waals surface area contributed by atoms with Crippen molar-refractivity contribution in [3.63, 3.8) is 0 Å². The van der Waals surface area contributed by atoms with Crippen molar-refractivity contribution in [3.8, 4) is 5.75 Å². The van der Waals surface area contributed by atoms with Crippen LogP contribution in [0.25, 0.3) is 0 Å². The maximum atomic E-state index is 5.71. The molecular weight excluding hydrogens is 244 g/mol. The van der Waals surface area contributed by atoms with E-state index in [-0.39, 0.29) is 5.28 Å². The van der Waals surface area contributed by atoms with Crippen molar-refractivity contribution in [2.24, 2.45) is 0 Å². The zero-order valence-corrected chi connectivity index (χ0v) is 10.1. The molecule has 1 aromatic heterocycles. The van der Waals surface area contributed by atoms with Crippen LogP contribution in [0.5, 0.6) is 5.75 Å². The van der Waals surface area contributed by atoms with Crippen LogP contribution in [0.4, 0.5) is 0 Å². The van der Waals surface area contributed by atoms with Crippen LogP contribution in [0, 0.1) is 0 Å². The molecule has 0 aliphatic rings. The molecule has 1 aromatic carbocycles. The monoisotopic (exact) mass is 252 g/mol. The van der Waals surface area contributed by atoms with E-state index in [1.54, 1.807) is 13.3 Å². The number of rotatable bonds is 3. The van der Waals surface area contributed by atoms with E-state index in [2.05, 4.69) is 9.97 Å². The lowest BCUT2D eigenvalue weighted by molar-refractivity contribution is 0.413. The Balaban J connectivity index is 2.20. The van der Waals surface area contributed by atoms with Gasteiger partial charge in [0.2, 0.25) is 5.28 Å². The lowest BCUT2D eigenvalue weighted by Gasteiger charge is -2.03. The van der Waals surface area contributed by atoms with E-state index in [4.69, 9.17) is 16.3 Å². The highest BCUT2D eigenvalue weighted by molar-refractivity contribution is 7.99. The normalized spacial score (nSPS) is 10.1. The third-order valence-corrected chi connectivity index (χ3v) is 2.97. The maximum absolute atomic E-state index is 5.71. The first-order valence-corrected chi connectivity index (χ1v) is 5.78. The van der Waals surface area contributed by atoms with Crippen LogP contribution < -0.4 is 4.74 Å². The minimum atomic E-state index is 0.257. The van der Waals surface area contributed by atoms with E-state index in [9.17, 15) is 0 Å². The highest BCUT2D eigenvalue weighted by Crippen LogP contribution is 2.28. The third kappa shape index (κ3) is 2.87. The Kier molecular flexibility index (Phi) is 3.64. The topological polar surface area (TPSA) is 35.0 Å². The largest absolute Gasteiger partial charge is 0.497 e. The number of methoxy groups -OCH3 is 1. The number of benzene rings is 1. The van der Waals surface area contributed by atoms with Crippen LogP contribution in [-0.2, 0) is 0 Å². The summed E-state index contributed by atoms with van der Waals surface area (Å²) in [6.07, 6.45) is 1.64. The number of hydrogen-bond donors (Lipinski definition) is 0. The summed E-state index contributed by atoms with van der Waals surface area (Å²) >= 11 is 7.23. The van der Waals surface area contributed by atoms with Crippen LogP contribution >= 0.6 is 23.4 Å². The van der Waals surface area contributed by atoms with Gasteiger partial charge in [-0.1, -0.05) is 17.8 Å². The Morgan fingerprint density at radius 2 is 2.19 bits per heavy atom. The zero-order chi connectivity index (χ0) is 11.4. The molecule has 16 heavy (non-hydrogen) atoms. The summed E-state index contributed by atoms with van der Waals surface area (Å²) in [6.45, 7) is 0. The average molecular weight is 253 g/mol. The summed E-state index contributed by atoms with van der Waals surface area (Å²) in [4.78, 5) is 8.98. The number of aromatic nitrogens is 2. The van der Waals surface area contributed by atoms with Gasteiger partial charge in [0.1, 0.15) is 10.8 Å². The van der Waals surface area contributed by atoms with E-state index in [0.717, 1.165) is 15.7 Å². The SMILES string of the molecule is COc1cccc(Sc2ccnc(Cl)n2)c1. The molecule has 82 valence electrons. The second-order valence-electron chi connectivity index (χ2n) is 2.94.